The number of aryl methyl sites for hydroxylation is 2. The van der Waals surface area contributed by atoms with Crippen LogP contribution in [0.1, 0.15) is 24.8 Å². The zero-order valence-electron chi connectivity index (χ0n) is 13.7. The summed E-state index contributed by atoms with van der Waals surface area (Å²) in [5.41, 5.74) is 2.04. The van der Waals surface area contributed by atoms with Crippen molar-refractivity contribution in [3.63, 3.8) is 0 Å². The van der Waals surface area contributed by atoms with Crippen molar-refractivity contribution in [2.75, 3.05) is 11.4 Å². The van der Waals surface area contributed by atoms with E-state index in [-0.39, 0.29) is 18.2 Å². The van der Waals surface area contributed by atoms with Gasteiger partial charge in [0.2, 0.25) is 11.8 Å². The third-order valence-corrected chi connectivity index (χ3v) is 4.15. The lowest BCUT2D eigenvalue weighted by atomic mass is 10.0. The highest BCUT2D eigenvalue weighted by Crippen LogP contribution is 2.21. The highest BCUT2D eigenvalue weighted by Gasteiger charge is 2.30. The van der Waals surface area contributed by atoms with Gasteiger partial charge in [-0.15, -0.1) is 0 Å². The first-order chi connectivity index (χ1) is 11.6. The van der Waals surface area contributed by atoms with Crippen molar-refractivity contribution in [3.05, 3.63) is 42.5 Å². The topological polar surface area (TPSA) is 80.1 Å². The molecule has 3 rings (SSSR count). The average Bonchev–Trinajstić information content (AvgIpc) is 3.09. The molecule has 1 aliphatic heterocycles. The number of nitrogens with zero attached hydrogens (tertiary/aromatic N) is 4. The van der Waals surface area contributed by atoms with E-state index < -0.39 is 6.04 Å². The lowest BCUT2D eigenvalue weighted by Crippen LogP contribution is -2.52. The maximum Gasteiger partial charge on any atom is 0.249 e. The summed E-state index contributed by atoms with van der Waals surface area (Å²) >= 11 is 0. The molecule has 2 aromatic rings. The Balaban J connectivity index is 1.58. The monoisotopic (exact) mass is 327 g/mol. The molecule has 1 atom stereocenters. The van der Waals surface area contributed by atoms with Gasteiger partial charge in [0, 0.05) is 18.7 Å². The number of carbonyl (C=O) groups is 2. The number of piperidine rings is 1. The zero-order chi connectivity index (χ0) is 16.9. The molecule has 1 aromatic carbocycles. The summed E-state index contributed by atoms with van der Waals surface area (Å²) in [6.07, 6.45) is 4.82. The van der Waals surface area contributed by atoms with Crippen LogP contribution in [-0.4, -0.2) is 39.2 Å². The van der Waals surface area contributed by atoms with Gasteiger partial charge >= 0.3 is 0 Å². The Bertz CT molecular complexity index is 696. The van der Waals surface area contributed by atoms with Crippen molar-refractivity contribution in [1.82, 2.24) is 20.1 Å². The average molecular weight is 327 g/mol. The van der Waals surface area contributed by atoms with Gasteiger partial charge in [-0.1, -0.05) is 17.7 Å². The van der Waals surface area contributed by atoms with Crippen molar-refractivity contribution < 1.29 is 9.59 Å². The van der Waals surface area contributed by atoms with E-state index in [2.05, 4.69) is 15.4 Å². The standard InChI is InChI=1S/C17H21N5O2/c1-13-4-6-14(7-5-13)22-9-2-3-15(17(22)24)20-16(23)8-10-21-12-18-11-19-21/h4-7,11-12,15H,2-3,8-10H2,1H3,(H,20,23)/t15-/m0/s1. The van der Waals surface area contributed by atoms with E-state index in [0.29, 0.717) is 19.5 Å². The van der Waals surface area contributed by atoms with Crippen molar-refractivity contribution in [2.45, 2.75) is 38.8 Å². The third kappa shape index (κ3) is 3.79. The van der Waals surface area contributed by atoms with Gasteiger partial charge in [-0.3, -0.25) is 14.3 Å². The van der Waals surface area contributed by atoms with Gasteiger partial charge in [-0.2, -0.15) is 5.10 Å². The van der Waals surface area contributed by atoms with Gasteiger partial charge in [0.25, 0.3) is 0 Å². The lowest BCUT2D eigenvalue weighted by Gasteiger charge is -2.32. The summed E-state index contributed by atoms with van der Waals surface area (Å²) in [5.74, 6) is -0.186. The maximum absolute atomic E-state index is 12.7. The molecule has 0 bridgehead atoms. The number of carbonyl (C=O) groups excluding carboxylic acids is 2. The SMILES string of the molecule is Cc1ccc(N2CCC[C@H](NC(=O)CCn3cncn3)C2=O)cc1. The van der Waals surface area contributed by atoms with Crippen LogP contribution in [0.3, 0.4) is 0 Å². The fourth-order valence-electron chi connectivity index (χ4n) is 2.82. The van der Waals surface area contributed by atoms with Gasteiger partial charge in [0.15, 0.2) is 0 Å². The van der Waals surface area contributed by atoms with Crippen LogP contribution < -0.4 is 10.2 Å². The number of nitrogens with one attached hydrogen (secondary N) is 1. The molecule has 1 aromatic heterocycles. The molecule has 126 valence electrons. The second kappa shape index (κ2) is 7.25. The van der Waals surface area contributed by atoms with Crippen LogP contribution in [-0.2, 0) is 16.1 Å². The van der Waals surface area contributed by atoms with Crippen LogP contribution in [0.15, 0.2) is 36.9 Å². The van der Waals surface area contributed by atoms with Crippen LogP contribution in [0.4, 0.5) is 5.69 Å². The second-order valence-corrected chi connectivity index (χ2v) is 6.00. The molecule has 0 unspecified atom stereocenters. The van der Waals surface area contributed by atoms with Crippen molar-refractivity contribution in [3.8, 4) is 0 Å². The van der Waals surface area contributed by atoms with Crippen molar-refractivity contribution in [1.29, 1.82) is 0 Å². The Morgan fingerprint density at radius 3 is 2.83 bits per heavy atom. The first-order valence-corrected chi connectivity index (χ1v) is 8.13. The summed E-state index contributed by atoms with van der Waals surface area (Å²) < 4.78 is 1.60. The minimum atomic E-state index is -0.455. The number of aromatic nitrogens is 3. The number of rotatable bonds is 5. The van der Waals surface area contributed by atoms with E-state index in [9.17, 15) is 9.59 Å². The molecular weight excluding hydrogens is 306 g/mol. The van der Waals surface area contributed by atoms with Crippen LogP contribution in [0, 0.1) is 6.92 Å². The van der Waals surface area contributed by atoms with E-state index in [1.54, 1.807) is 15.9 Å². The molecular formula is C17H21N5O2. The van der Waals surface area contributed by atoms with Crippen LogP contribution in [0.25, 0.3) is 0 Å². The quantitative estimate of drug-likeness (QED) is 0.897. The molecule has 0 aliphatic carbocycles. The third-order valence-electron chi connectivity index (χ3n) is 4.15. The molecule has 1 aliphatic rings. The Labute approximate surface area is 140 Å². The largest absolute Gasteiger partial charge is 0.344 e. The molecule has 2 heterocycles. The van der Waals surface area contributed by atoms with Gasteiger partial charge in [0.1, 0.15) is 18.7 Å². The molecule has 2 amide bonds. The molecule has 24 heavy (non-hydrogen) atoms. The number of hydrogen-bond donors (Lipinski definition) is 1. The molecule has 1 fully saturated rings. The Hall–Kier alpha value is -2.70. The normalized spacial score (nSPS) is 17.8. The molecule has 0 saturated carbocycles. The number of amides is 2. The first-order valence-electron chi connectivity index (χ1n) is 8.13. The Kier molecular flexibility index (Phi) is 4.88. The summed E-state index contributed by atoms with van der Waals surface area (Å²) in [7, 11) is 0. The number of hydrogen-bond acceptors (Lipinski definition) is 4. The fraction of sp³-hybridized carbons (Fsp3) is 0.412. The minimum Gasteiger partial charge on any atom is -0.344 e. The van der Waals surface area contributed by atoms with Gasteiger partial charge in [-0.05, 0) is 31.9 Å². The van der Waals surface area contributed by atoms with E-state index in [1.165, 1.54) is 6.33 Å². The number of anilines is 1. The van der Waals surface area contributed by atoms with E-state index in [0.717, 1.165) is 17.7 Å². The summed E-state index contributed by atoms with van der Waals surface area (Å²) in [6, 6.07) is 7.42. The van der Waals surface area contributed by atoms with E-state index in [1.807, 2.05) is 31.2 Å². The van der Waals surface area contributed by atoms with Crippen molar-refractivity contribution in [2.24, 2.45) is 0 Å². The van der Waals surface area contributed by atoms with Crippen LogP contribution in [0.2, 0.25) is 0 Å². The molecule has 0 spiro atoms. The highest BCUT2D eigenvalue weighted by molar-refractivity contribution is 5.99. The van der Waals surface area contributed by atoms with Crippen LogP contribution in [0.5, 0.6) is 0 Å². The van der Waals surface area contributed by atoms with Gasteiger partial charge < -0.3 is 10.2 Å². The molecule has 1 saturated heterocycles. The predicted octanol–water partition coefficient (Wildman–Crippen LogP) is 1.29. The second-order valence-electron chi connectivity index (χ2n) is 6.00. The molecule has 7 heteroatoms. The summed E-state index contributed by atoms with van der Waals surface area (Å²) in [4.78, 5) is 30.4. The van der Waals surface area contributed by atoms with Crippen LogP contribution >= 0.6 is 0 Å². The fourth-order valence-corrected chi connectivity index (χ4v) is 2.82. The lowest BCUT2D eigenvalue weighted by molar-refractivity contribution is -0.128. The molecule has 0 radical (unpaired) electrons. The summed E-state index contributed by atoms with van der Waals surface area (Å²) in [6.45, 7) is 3.15. The van der Waals surface area contributed by atoms with E-state index >= 15 is 0 Å². The maximum atomic E-state index is 12.7. The van der Waals surface area contributed by atoms with E-state index in [4.69, 9.17) is 0 Å². The molecule has 7 nitrogen and oxygen atoms in total. The van der Waals surface area contributed by atoms with Crippen molar-refractivity contribution >= 4 is 17.5 Å². The first kappa shape index (κ1) is 16.2. The number of benzene rings is 1. The Morgan fingerprint density at radius 2 is 2.12 bits per heavy atom. The smallest absolute Gasteiger partial charge is 0.249 e. The highest BCUT2D eigenvalue weighted by atomic mass is 16.2. The summed E-state index contributed by atoms with van der Waals surface area (Å²) in [5, 5.41) is 6.81. The molecule has 1 N–H and O–H groups in total. The predicted molar refractivity (Wildman–Crippen MR) is 89.3 cm³/mol. The van der Waals surface area contributed by atoms with Gasteiger partial charge in [0.05, 0.1) is 6.54 Å². The minimum absolute atomic E-state index is 0.0424. The Morgan fingerprint density at radius 1 is 1.33 bits per heavy atom. The van der Waals surface area contributed by atoms with Gasteiger partial charge in [-0.25, -0.2) is 4.98 Å². The zero-order valence-corrected chi connectivity index (χ0v) is 13.7.